The van der Waals surface area contributed by atoms with E-state index in [4.69, 9.17) is 5.73 Å². The minimum absolute atomic E-state index is 0.0640. The highest BCUT2D eigenvalue weighted by Gasteiger charge is 2.49. The Morgan fingerprint density at radius 1 is 0.938 bits per heavy atom. The molecule has 1 nitrogen and oxygen atoms in total. The van der Waals surface area contributed by atoms with E-state index < -0.39 is 0 Å². The summed E-state index contributed by atoms with van der Waals surface area (Å²) in [5.74, 6) is 0. The van der Waals surface area contributed by atoms with E-state index in [1.807, 2.05) is 0 Å². The van der Waals surface area contributed by atoms with Crippen LogP contribution in [-0.2, 0) is 0 Å². The van der Waals surface area contributed by atoms with E-state index in [2.05, 4.69) is 34.6 Å². The molecule has 1 rings (SSSR count). The molecule has 0 heterocycles. The minimum atomic E-state index is 0.0640. The van der Waals surface area contributed by atoms with Crippen molar-refractivity contribution in [2.45, 2.75) is 85.1 Å². The summed E-state index contributed by atoms with van der Waals surface area (Å²) >= 11 is 0. The van der Waals surface area contributed by atoms with E-state index in [0.717, 1.165) is 0 Å². The lowest BCUT2D eigenvalue weighted by atomic mass is 9.51. The normalized spacial score (nSPS) is 32.6. The van der Waals surface area contributed by atoms with Gasteiger partial charge in [-0.2, -0.15) is 0 Å². The van der Waals surface area contributed by atoms with Crippen molar-refractivity contribution in [2.75, 3.05) is 0 Å². The maximum absolute atomic E-state index is 6.37. The Morgan fingerprint density at radius 3 is 1.81 bits per heavy atom. The van der Waals surface area contributed by atoms with E-state index in [9.17, 15) is 0 Å². The Morgan fingerprint density at radius 2 is 1.44 bits per heavy atom. The first-order chi connectivity index (χ1) is 7.29. The summed E-state index contributed by atoms with van der Waals surface area (Å²) in [7, 11) is 0. The fraction of sp³-hybridized carbons (Fsp3) is 1.00. The molecule has 0 saturated heterocycles. The van der Waals surface area contributed by atoms with Crippen molar-refractivity contribution in [1.29, 1.82) is 0 Å². The van der Waals surface area contributed by atoms with Crippen molar-refractivity contribution in [2.24, 2.45) is 16.6 Å². The zero-order valence-corrected chi connectivity index (χ0v) is 12.0. The van der Waals surface area contributed by atoms with Crippen LogP contribution < -0.4 is 5.73 Å². The molecule has 2 N–H and O–H groups in total. The van der Waals surface area contributed by atoms with Gasteiger partial charge in [0.1, 0.15) is 0 Å². The molecule has 0 aromatic carbocycles. The predicted molar refractivity (Wildman–Crippen MR) is 72.5 cm³/mol. The summed E-state index contributed by atoms with van der Waals surface area (Å²) in [4.78, 5) is 0. The van der Waals surface area contributed by atoms with Crippen LogP contribution in [0, 0.1) is 10.8 Å². The summed E-state index contributed by atoms with van der Waals surface area (Å²) < 4.78 is 0. The molecule has 1 atom stereocenters. The van der Waals surface area contributed by atoms with Gasteiger partial charge in [-0.3, -0.25) is 0 Å². The van der Waals surface area contributed by atoms with Crippen LogP contribution in [0.2, 0.25) is 0 Å². The summed E-state index contributed by atoms with van der Waals surface area (Å²) in [6.07, 6.45) is 9.09. The van der Waals surface area contributed by atoms with Gasteiger partial charge in [0.2, 0.25) is 0 Å². The van der Waals surface area contributed by atoms with Crippen LogP contribution in [0.25, 0.3) is 0 Å². The molecule has 1 aliphatic carbocycles. The molecule has 1 unspecified atom stereocenters. The highest BCUT2D eigenvalue weighted by molar-refractivity contribution is 5.03. The number of hydrogen-bond donors (Lipinski definition) is 1. The molecule has 1 heteroatoms. The summed E-state index contributed by atoms with van der Waals surface area (Å²) in [5.41, 5.74) is 7.39. The molecule has 1 fully saturated rings. The van der Waals surface area contributed by atoms with Crippen LogP contribution in [-0.4, -0.2) is 5.54 Å². The lowest BCUT2D eigenvalue weighted by molar-refractivity contribution is -0.0316. The summed E-state index contributed by atoms with van der Waals surface area (Å²) in [6.45, 7) is 11.8. The van der Waals surface area contributed by atoms with Crippen molar-refractivity contribution in [3.63, 3.8) is 0 Å². The Balaban J connectivity index is 2.92. The molecular formula is C15H31N. The smallest absolute Gasteiger partial charge is 0.0131 e. The van der Waals surface area contributed by atoms with Gasteiger partial charge in [0.05, 0.1) is 0 Å². The Bertz CT molecular complexity index is 222. The Labute approximate surface area is 102 Å². The van der Waals surface area contributed by atoms with Crippen LogP contribution in [0.5, 0.6) is 0 Å². The Kier molecular flexibility index (Phi) is 4.10. The SMILES string of the molecule is CCCC1(CCC)CCC(C)(N)CC1(C)C. The third kappa shape index (κ3) is 2.61. The van der Waals surface area contributed by atoms with Gasteiger partial charge in [-0.1, -0.05) is 40.5 Å². The first kappa shape index (κ1) is 14.0. The summed E-state index contributed by atoms with van der Waals surface area (Å²) in [5, 5.41) is 0. The fourth-order valence-corrected chi connectivity index (χ4v) is 4.16. The molecule has 1 saturated carbocycles. The van der Waals surface area contributed by atoms with Crippen LogP contribution in [0.4, 0.5) is 0 Å². The highest BCUT2D eigenvalue weighted by atomic mass is 14.8. The van der Waals surface area contributed by atoms with Crippen molar-refractivity contribution in [1.82, 2.24) is 0 Å². The van der Waals surface area contributed by atoms with Crippen molar-refractivity contribution < 1.29 is 0 Å². The maximum Gasteiger partial charge on any atom is 0.0131 e. The molecule has 16 heavy (non-hydrogen) atoms. The van der Waals surface area contributed by atoms with Gasteiger partial charge in [0.25, 0.3) is 0 Å². The molecule has 0 aromatic heterocycles. The lowest BCUT2D eigenvalue weighted by Gasteiger charge is -2.55. The second-order valence-corrected chi connectivity index (χ2v) is 7.00. The highest BCUT2D eigenvalue weighted by Crippen LogP contribution is 2.57. The molecule has 0 radical (unpaired) electrons. The molecule has 0 aromatic rings. The molecule has 96 valence electrons. The number of nitrogens with two attached hydrogens (primary N) is 1. The monoisotopic (exact) mass is 225 g/mol. The second kappa shape index (κ2) is 4.68. The maximum atomic E-state index is 6.37. The van der Waals surface area contributed by atoms with Crippen LogP contribution in [0.15, 0.2) is 0 Å². The molecule has 1 aliphatic rings. The molecule has 0 amide bonds. The second-order valence-electron chi connectivity index (χ2n) is 7.00. The number of rotatable bonds is 4. The standard InChI is InChI=1S/C15H31N/c1-6-8-15(9-7-2)11-10-14(5,16)12-13(15,3)4/h6-12,16H2,1-5H3. The third-order valence-electron chi connectivity index (χ3n) is 4.91. The van der Waals surface area contributed by atoms with Crippen LogP contribution in [0.1, 0.15) is 79.6 Å². The van der Waals surface area contributed by atoms with Gasteiger partial charge in [-0.25, -0.2) is 0 Å². The topological polar surface area (TPSA) is 26.0 Å². The fourth-order valence-electron chi connectivity index (χ4n) is 4.16. The van der Waals surface area contributed by atoms with Crippen molar-refractivity contribution in [3.8, 4) is 0 Å². The van der Waals surface area contributed by atoms with Gasteiger partial charge in [-0.15, -0.1) is 0 Å². The summed E-state index contributed by atoms with van der Waals surface area (Å²) in [6, 6.07) is 0. The van der Waals surface area contributed by atoms with E-state index in [1.165, 1.54) is 44.9 Å². The minimum Gasteiger partial charge on any atom is -0.325 e. The van der Waals surface area contributed by atoms with Crippen molar-refractivity contribution in [3.05, 3.63) is 0 Å². The first-order valence-corrected chi connectivity index (χ1v) is 7.07. The van der Waals surface area contributed by atoms with E-state index in [1.54, 1.807) is 0 Å². The Hall–Kier alpha value is -0.0400. The van der Waals surface area contributed by atoms with Gasteiger partial charge < -0.3 is 5.73 Å². The quantitative estimate of drug-likeness (QED) is 0.749. The molecule has 0 aliphatic heterocycles. The predicted octanol–water partition coefficient (Wildman–Crippen LogP) is 4.50. The lowest BCUT2D eigenvalue weighted by Crippen LogP contribution is -2.53. The van der Waals surface area contributed by atoms with Crippen LogP contribution >= 0.6 is 0 Å². The molecular weight excluding hydrogens is 194 g/mol. The van der Waals surface area contributed by atoms with Crippen LogP contribution in [0.3, 0.4) is 0 Å². The third-order valence-corrected chi connectivity index (χ3v) is 4.91. The molecule has 0 bridgehead atoms. The largest absolute Gasteiger partial charge is 0.325 e. The van der Waals surface area contributed by atoms with Gasteiger partial charge in [-0.05, 0) is 49.9 Å². The van der Waals surface area contributed by atoms with E-state index in [-0.39, 0.29) is 5.54 Å². The van der Waals surface area contributed by atoms with Crippen molar-refractivity contribution >= 4 is 0 Å². The molecule has 0 spiro atoms. The first-order valence-electron chi connectivity index (χ1n) is 7.07. The van der Waals surface area contributed by atoms with E-state index in [0.29, 0.717) is 10.8 Å². The van der Waals surface area contributed by atoms with E-state index >= 15 is 0 Å². The zero-order chi connectivity index (χ0) is 12.4. The number of hydrogen-bond acceptors (Lipinski definition) is 1. The zero-order valence-electron chi connectivity index (χ0n) is 12.0. The van der Waals surface area contributed by atoms with Gasteiger partial charge in [0.15, 0.2) is 0 Å². The average molecular weight is 225 g/mol. The average Bonchev–Trinajstić information content (AvgIpc) is 2.11. The van der Waals surface area contributed by atoms with Gasteiger partial charge in [0, 0.05) is 5.54 Å². The van der Waals surface area contributed by atoms with Gasteiger partial charge >= 0.3 is 0 Å².